The van der Waals surface area contributed by atoms with Gasteiger partial charge in [0, 0.05) is 17.0 Å². The van der Waals surface area contributed by atoms with Crippen molar-refractivity contribution in [3.8, 4) is 5.75 Å². The normalized spacial score (nSPS) is 12.8. The lowest BCUT2D eigenvalue weighted by molar-refractivity contribution is -0.131. The predicted molar refractivity (Wildman–Crippen MR) is 138 cm³/mol. The zero-order valence-electron chi connectivity index (χ0n) is 21.3. The third kappa shape index (κ3) is 6.21. The lowest BCUT2D eigenvalue weighted by Gasteiger charge is -2.24. The number of hydrogen-bond acceptors (Lipinski definition) is 6. The molecule has 3 rings (SSSR count). The average molecular weight is 496 g/mol. The van der Waals surface area contributed by atoms with Crippen molar-refractivity contribution < 1.29 is 23.5 Å². The average Bonchev–Trinajstić information content (AvgIpc) is 2.85. The SMILES string of the molecule is CCC(C)C(NC(=O)CNC(=O)COc1ccc2c(oc(=O)c3ccccc32)c1C)C(=O)NC(C)C. The summed E-state index contributed by atoms with van der Waals surface area (Å²) < 4.78 is 11.2. The van der Waals surface area contributed by atoms with Crippen LogP contribution in [0.15, 0.2) is 45.6 Å². The standard InChI is InChI=1S/C27H33N3O6/c1-6-16(4)24(26(33)29-15(2)3)30-22(31)13-28-23(32)14-35-21-12-11-19-18-9-7-8-10-20(18)27(34)36-25(19)17(21)5/h7-12,15-16,24H,6,13-14H2,1-5H3,(H,28,32)(H,29,33)(H,30,31). The third-order valence-electron chi connectivity index (χ3n) is 6.04. The number of rotatable bonds is 10. The van der Waals surface area contributed by atoms with Gasteiger partial charge in [0.25, 0.3) is 5.91 Å². The van der Waals surface area contributed by atoms with Gasteiger partial charge in [-0.1, -0.05) is 38.5 Å². The molecule has 0 saturated carbocycles. The summed E-state index contributed by atoms with van der Waals surface area (Å²) in [4.78, 5) is 49.5. The maximum Gasteiger partial charge on any atom is 0.344 e. The molecule has 3 aromatic rings. The van der Waals surface area contributed by atoms with E-state index >= 15 is 0 Å². The molecule has 0 spiro atoms. The number of fused-ring (bicyclic) bond motifs is 3. The summed E-state index contributed by atoms with van der Waals surface area (Å²) >= 11 is 0. The molecule has 9 nitrogen and oxygen atoms in total. The fourth-order valence-electron chi connectivity index (χ4n) is 3.89. The van der Waals surface area contributed by atoms with Crippen molar-refractivity contribution in [3.63, 3.8) is 0 Å². The fraction of sp³-hybridized carbons (Fsp3) is 0.407. The monoisotopic (exact) mass is 495 g/mol. The molecule has 0 saturated heterocycles. The summed E-state index contributed by atoms with van der Waals surface area (Å²) in [5.74, 6) is -0.907. The molecule has 0 aliphatic heterocycles. The fourth-order valence-corrected chi connectivity index (χ4v) is 3.89. The molecule has 192 valence electrons. The number of nitrogens with one attached hydrogen (secondary N) is 3. The van der Waals surface area contributed by atoms with Gasteiger partial charge < -0.3 is 25.1 Å². The maximum atomic E-state index is 12.4. The highest BCUT2D eigenvalue weighted by atomic mass is 16.5. The van der Waals surface area contributed by atoms with E-state index < -0.39 is 23.5 Å². The van der Waals surface area contributed by atoms with Gasteiger partial charge in [-0.2, -0.15) is 0 Å². The van der Waals surface area contributed by atoms with Crippen molar-refractivity contribution in [2.24, 2.45) is 5.92 Å². The van der Waals surface area contributed by atoms with Crippen LogP contribution in [0.5, 0.6) is 5.75 Å². The summed E-state index contributed by atoms with van der Waals surface area (Å²) in [6.45, 7) is 8.64. The van der Waals surface area contributed by atoms with Crippen LogP contribution in [0.2, 0.25) is 0 Å². The first kappa shape index (κ1) is 26.7. The van der Waals surface area contributed by atoms with Gasteiger partial charge in [0.05, 0.1) is 11.9 Å². The Morgan fingerprint density at radius 2 is 1.64 bits per heavy atom. The second-order valence-corrected chi connectivity index (χ2v) is 9.16. The Balaban J connectivity index is 1.61. The smallest absolute Gasteiger partial charge is 0.344 e. The molecule has 0 aliphatic rings. The molecular formula is C27H33N3O6. The first-order chi connectivity index (χ1) is 17.1. The summed E-state index contributed by atoms with van der Waals surface area (Å²) in [6, 6.07) is 9.95. The summed E-state index contributed by atoms with van der Waals surface area (Å²) in [6.07, 6.45) is 0.706. The molecule has 1 heterocycles. The maximum absolute atomic E-state index is 12.4. The van der Waals surface area contributed by atoms with Crippen molar-refractivity contribution in [1.82, 2.24) is 16.0 Å². The van der Waals surface area contributed by atoms with Crippen LogP contribution in [0.4, 0.5) is 0 Å². The number of benzene rings is 2. The quantitative estimate of drug-likeness (QED) is 0.293. The third-order valence-corrected chi connectivity index (χ3v) is 6.04. The zero-order chi connectivity index (χ0) is 26.4. The summed E-state index contributed by atoms with van der Waals surface area (Å²) in [5.41, 5.74) is 0.542. The number of carbonyl (C=O) groups is 3. The molecule has 0 bridgehead atoms. The summed E-state index contributed by atoms with van der Waals surface area (Å²) in [7, 11) is 0. The molecule has 3 amide bonds. The number of ether oxygens (including phenoxy) is 1. The van der Waals surface area contributed by atoms with Gasteiger partial charge in [0.1, 0.15) is 17.4 Å². The molecule has 36 heavy (non-hydrogen) atoms. The van der Waals surface area contributed by atoms with Gasteiger partial charge >= 0.3 is 5.63 Å². The molecule has 2 aromatic carbocycles. The molecule has 1 aromatic heterocycles. The van der Waals surface area contributed by atoms with E-state index in [1.807, 2.05) is 39.8 Å². The van der Waals surface area contributed by atoms with E-state index in [1.165, 1.54) is 0 Å². The first-order valence-corrected chi connectivity index (χ1v) is 12.1. The lowest BCUT2D eigenvalue weighted by atomic mass is 9.98. The number of carbonyl (C=O) groups excluding carboxylic acids is 3. The van der Waals surface area contributed by atoms with Crippen LogP contribution >= 0.6 is 0 Å². The Morgan fingerprint density at radius 3 is 2.31 bits per heavy atom. The minimum atomic E-state index is -0.691. The van der Waals surface area contributed by atoms with Crippen LogP contribution in [0.3, 0.4) is 0 Å². The van der Waals surface area contributed by atoms with Crippen LogP contribution in [0.25, 0.3) is 21.7 Å². The van der Waals surface area contributed by atoms with Gasteiger partial charge in [0.15, 0.2) is 6.61 Å². The van der Waals surface area contributed by atoms with Crippen molar-refractivity contribution >= 4 is 39.5 Å². The van der Waals surface area contributed by atoms with E-state index in [-0.39, 0.29) is 31.0 Å². The van der Waals surface area contributed by atoms with E-state index in [2.05, 4.69) is 16.0 Å². The topological polar surface area (TPSA) is 127 Å². The van der Waals surface area contributed by atoms with Gasteiger partial charge in [-0.05, 0) is 50.3 Å². The Labute approximate surface area is 209 Å². The van der Waals surface area contributed by atoms with Crippen molar-refractivity contribution in [1.29, 1.82) is 0 Å². The van der Waals surface area contributed by atoms with E-state index in [0.717, 1.165) is 10.8 Å². The van der Waals surface area contributed by atoms with Crippen LogP contribution in [-0.2, 0) is 14.4 Å². The van der Waals surface area contributed by atoms with E-state index in [9.17, 15) is 19.2 Å². The van der Waals surface area contributed by atoms with Gasteiger partial charge in [-0.3, -0.25) is 14.4 Å². The molecule has 9 heteroatoms. The van der Waals surface area contributed by atoms with Crippen LogP contribution < -0.4 is 26.3 Å². The van der Waals surface area contributed by atoms with Crippen molar-refractivity contribution in [3.05, 3.63) is 52.4 Å². The van der Waals surface area contributed by atoms with Crippen molar-refractivity contribution in [2.45, 2.75) is 53.1 Å². The number of hydrogen-bond donors (Lipinski definition) is 3. The highest BCUT2D eigenvalue weighted by Gasteiger charge is 2.26. The van der Waals surface area contributed by atoms with Gasteiger partial charge in [0.2, 0.25) is 11.8 Å². The Hall–Kier alpha value is -3.88. The molecule has 2 atom stereocenters. The Kier molecular flexibility index (Phi) is 8.68. The second-order valence-electron chi connectivity index (χ2n) is 9.16. The second kappa shape index (κ2) is 11.7. The molecular weight excluding hydrogens is 462 g/mol. The highest BCUT2D eigenvalue weighted by molar-refractivity contribution is 6.05. The van der Waals surface area contributed by atoms with E-state index in [1.54, 1.807) is 31.2 Å². The summed E-state index contributed by atoms with van der Waals surface area (Å²) in [5, 5.41) is 10.1. The van der Waals surface area contributed by atoms with Crippen LogP contribution in [0, 0.1) is 12.8 Å². The van der Waals surface area contributed by atoms with Crippen LogP contribution in [-0.4, -0.2) is 43.0 Å². The number of aryl methyl sites for hydroxylation is 1. The molecule has 0 fully saturated rings. The predicted octanol–water partition coefficient (Wildman–Crippen LogP) is 2.81. The molecule has 3 N–H and O–H groups in total. The number of amides is 3. The van der Waals surface area contributed by atoms with E-state index in [0.29, 0.717) is 28.7 Å². The minimum absolute atomic E-state index is 0.0527. The molecule has 0 radical (unpaired) electrons. The van der Waals surface area contributed by atoms with E-state index in [4.69, 9.17) is 9.15 Å². The zero-order valence-corrected chi connectivity index (χ0v) is 21.3. The Bertz CT molecular complexity index is 1330. The van der Waals surface area contributed by atoms with Gasteiger partial charge in [-0.25, -0.2) is 4.79 Å². The molecule has 0 aliphatic carbocycles. The largest absolute Gasteiger partial charge is 0.483 e. The Morgan fingerprint density at radius 1 is 0.944 bits per heavy atom. The lowest BCUT2D eigenvalue weighted by Crippen LogP contribution is -2.53. The highest BCUT2D eigenvalue weighted by Crippen LogP contribution is 2.30. The minimum Gasteiger partial charge on any atom is -0.483 e. The molecule has 2 unspecified atom stereocenters. The first-order valence-electron chi connectivity index (χ1n) is 12.1. The van der Waals surface area contributed by atoms with Crippen LogP contribution in [0.1, 0.15) is 39.7 Å². The van der Waals surface area contributed by atoms with Crippen molar-refractivity contribution in [2.75, 3.05) is 13.2 Å². The van der Waals surface area contributed by atoms with Gasteiger partial charge in [-0.15, -0.1) is 0 Å².